The Kier molecular flexibility index (Phi) is 4.14. The largest absolute Gasteiger partial charge is 0.504 e. The Morgan fingerprint density at radius 2 is 2.00 bits per heavy atom. The third-order valence-electron chi connectivity index (χ3n) is 2.67. The molecule has 0 atom stereocenters. The lowest BCUT2D eigenvalue weighted by molar-refractivity contribution is 0.102. The number of phenols is 2. The maximum atomic E-state index is 12.0. The van der Waals surface area contributed by atoms with Crippen molar-refractivity contribution >= 4 is 27.5 Å². The van der Waals surface area contributed by atoms with Gasteiger partial charge in [-0.25, -0.2) is 0 Å². The number of carbonyl (C=O) groups excluding carboxylic acids is 1. The van der Waals surface area contributed by atoms with Crippen LogP contribution in [0.2, 0.25) is 0 Å². The van der Waals surface area contributed by atoms with Crippen molar-refractivity contribution in [2.45, 2.75) is 0 Å². The standard InChI is InChI=1S/C14H12BrNO4/c1-20-12-7-8(5-6-10(12)15)16-14(19)9-3-2-4-11(17)13(9)18/h2-7,17-18H,1H3,(H,16,19). The second-order valence-electron chi connectivity index (χ2n) is 3.98. The summed E-state index contributed by atoms with van der Waals surface area (Å²) in [6.07, 6.45) is 0. The summed E-state index contributed by atoms with van der Waals surface area (Å²) in [5.41, 5.74) is 0.504. The van der Waals surface area contributed by atoms with E-state index in [2.05, 4.69) is 21.2 Å². The molecule has 20 heavy (non-hydrogen) atoms. The first-order valence-electron chi connectivity index (χ1n) is 5.68. The number of methoxy groups -OCH3 is 1. The van der Waals surface area contributed by atoms with Gasteiger partial charge in [0, 0.05) is 11.8 Å². The maximum Gasteiger partial charge on any atom is 0.259 e. The summed E-state index contributed by atoms with van der Waals surface area (Å²) in [4.78, 5) is 12.0. The molecule has 104 valence electrons. The Morgan fingerprint density at radius 1 is 1.25 bits per heavy atom. The van der Waals surface area contributed by atoms with E-state index in [1.54, 1.807) is 18.2 Å². The number of phenolic OH excluding ortho intramolecular Hbond substituents is 2. The fourth-order valence-electron chi connectivity index (χ4n) is 1.65. The van der Waals surface area contributed by atoms with Gasteiger partial charge in [0.2, 0.25) is 0 Å². The normalized spacial score (nSPS) is 10.1. The first-order valence-corrected chi connectivity index (χ1v) is 6.48. The number of rotatable bonds is 3. The van der Waals surface area contributed by atoms with E-state index in [-0.39, 0.29) is 11.3 Å². The highest BCUT2D eigenvalue weighted by Crippen LogP contribution is 2.30. The molecule has 0 aliphatic rings. The number of benzene rings is 2. The summed E-state index contributed by atoms with van der Waals surface area (Å²) in [6, 6.07) is 9.25. The Morgan fingerprint density at radius 3 is 2.70 bits per heavy atom. The van der Waals surface area contributed by atoms with Crippen LogP contribution in [-0.2, 0) is 0 Å². The van der Waals surface area contributed by atoms with Crippen LogP contribution in [-0.4, -0.2) is 23.2 Å². The molecule has 0 saturated heterocycles. The fraction of sp³-hybridized carbons (Fsp3) is 0.0714. The molecular formula is C14H12BrNO4. The molecule has 0 aliphatic carbocycles. The number of hydrogen-bond acceptors (Lipinski definition) is 4. The lowest BCUT2D eigenvalue weighted by Gasteiger charge is -2.10. The summed E-state index contributed by atoms with van der Waals surface area (Å²) in [5.74, 6) is -0.745. The van der Waals surface area contributed by atoms with Gasteiger partial charge < -0.3 is 20.3 Å². The van der Waals surface area contributed by atoms with Crippen molar-refractivity contribution in [2.75, 3.05) is 12.4 Å². The molecule has 6 heteroatoms. The number of aromatic hydroxyl groups is 2. The molecule has 0 unspecified atom stereocenters. The Bertz CT molecular complexity index is 658. The molecule has 0 radical (unpaired) electrons. The molecule has 0 fully saturated rings. The maximum absolute atomic E-state index is 12.0. The summed E-state index contributed by atoms with van der Waals surface area (Å²) < 4.78 is 5.89. The second-order valence-corrected chi connectivity index (χ2v) is 4.83. The minimum absolute atomic E-state index is 0.00751. The molecule has 0 aliphatic heterocycles. The number of carbonyl (C=O) groups is 1. The van der Waals surface area contributed by atoms with E-state index in [0.29, 0.717) is 11.4 Å². The van der Waals surface area contributed by atoms with Crippen LogP contribution < -0.4 is 10.1 Å². The third-order valence-corrected chi connectivity index (χ3v) is 3.32. The number of hydrogen-bond donors (Lipinski definition) is 3. The van der Waals surface area contributed by atoms with Crippen molar-refractivity contribution in [3.8, 4) is 17.2 Å². The summed E-state index contributed by atoms with van der Waals surface area (Å²) in [6.45, 7) is 0. The van der Waals surface area contributed by atoms with Crippen LogP contribution in [0.5, 0.6) is 17.2 Å². The highest BCUT2D eigenvalue weighted by molar-refractivity contribution is 9.10. The Hall–Kier alpha value is -2.21. The van der Waals surface area contributed by atoms with Crippen LogP contribution in [0.4, 0.5) is 5.69 Å². The molecule has 2 aromatic carbocycles. The summed E-state index contributed by atoms with van der Waals surface area (Å²) in [7, 11) is 1.52. The molecule has 0 spiro atoms. The molecule has 0 bridgehead atoms. The molecule has 1 amide bonds. The van der Waals surface area contributed by atoms with Crippen molar-refractivity contribution in [1.29, 1.82) is 0 Å². The molecular weight excluding hydrogens is 326 g/mol. The predicted octanol–water partition coefficient (Wildman–Crippen LogP) is 3.12. The van der Waals surface area contributed by atoms with Crippen LogP contribution in [0.1, 0.15) is 10.4 Å². The Labute approximate surface area is 123 Å². The molecule has 2 aromatic rings. The van der Waals surface area contributed by atoms with Crippen molar-refractivity contribution < 1.29 is 19.7 Å². The SMILES string of the molecule is COc1cc(NC(=O)c2cccc(O)c2O)ccc1Br. The molecule has 0 aromatic heterocycles. The summed E-state index contributed by atoms with van der Waals surface area (Å²) in [5, 5.41) is 21.6. The van der Waals surface area contributed by atoms with Crippen molar-refractivity contribution in [2.24, 2.45) is 0 Å². The van der Waals surface area contributed by atoms with Gasteiger partial charge >= 0.3 is 0 Å². The molecule has 0 saturated carbocycles. The number of para-hydroxylation sites is 1. The van der Waals surface area contributed by atoms with E-state index in [4.69, 9.17) is 4.74 Å². The lowest BCUT2D eigenvalue weighted by atomic mass is 10.1. The average molecular weight is 338 g/mol. The molecule has 0 heterocycles. The second kappa shape index (κ2) is 5.83. The third kappa shape index (κ3) is 2.85. The van der Waals surface area contributed by atoms with Crippen molar-refractivity contribution in [3.05, 3.63) is 46.4 Å². The van der Waals surface area contributed by atoms with E-state index >= 15 is 0 Å². The zero-order valence-corrected chi connectivity index (χ0v) is 12.1. The zero-order valence-electron chi connectivity index (χ0n) is 10.6. The summed E-state index contributed by atoms with van der Waals surface area (Å²) >= 11 is 3.31. The van der Waals surface area contributed by atoms with Gasteiger partial charge in [-0.3, -0.25) is 4.79 Å². The number of nitrogens with one attached hydrogen (secondary N) is 1. The van der Waals surface area contributed by atoms with E-state index in [1.807, 2.05) is 0 Å². The van der Waals surface area contributed by atoms with Gasteiger partial charge in [-0.2, -0.15) is 0 Å². The highest BCUT2D eigenvalue weighted by Gasteiger charge is 2.14. The van der Waals surface area contributed by atoms with E-state index < -0.39 is 11.7 Å². The molecule has 5 nitrogen and oxygen atoms in total. The average Bonchev–Trinajstić information content (AvgIpc) is 2.43. The van der Waals surface area contributed by atoms with Gasteiger partial charge in [-0.05, 0) is 40.2 Å². The van der Waals surface area contributed by atoms with Crippen molar-refractivity contribution in [3.63, 3.8) is 0 Å². The van der Waals surface area contributed by atoms with Gasteiger partial charge in [0.15, 0.2) is 11.5 Å². The van der Waals surface area contributed by atoms with E-state index in [0.717, 1.165) is 4.47 Å². The topological polar surface area (TPSA) is 78.8 Å². The van der Waals surface area contributed by atoms with E-state index in [9.17, 15) is 15.0 Å². The lowest BCUT2D eigenvalue weighted by Crippen LogP contribution is -2.12. The highest BCUT2D eigenvalue weighted by atomic mass is 79.9. The zero-order chi connectivity index (χ0) is 14.7. The Balaban J connectivity index is 2.26. The first-order chi connectivity index (χ1) is 9.52. The van der Waals surface area contributed by atoms with Gasteiger partial charge in [-0.15, -0.1) is 0 Å². The van der Waals surface area contributed by atoms with Crippen LogP contribution in [0.3, 0.4) is 0 Å². The molecule has 2 rings (SSSR count). The fourth-order valence-corrected chi connectivity index (χ4v) is 2.06. The van der Waals surface area contributed by atoms with Crippen molar-refractivity contribution in [1.82, 2.24) is 0 Å². The number of halogens is 1. The minimum atomic E-state index is -0.525. The van der Waals surface area contributed by atoms with Gasteiger partial charge in [0.1, 0.15) is 5.75 Å². The van der Waals surface area contributed by atoms with Gasteiger partial charge in [0.25, 0.3) is 5.91 Å². The first kappa shape index (κ1) is 14.2. The minimum Gasteiger partial charge on any atom is -0.504 e. The number of anilines is 1. The predicted molar refractivity (Wildman–Crippen MR) is 78.4 cm³/mol. The van der Waals surface area contributed by atoms with Crippen LogP contribution in [0.25, 0.3) is 0 Å². The molecule has 3 N–H and O–H groups in total. The van der Waals surface area contributed by atoms with Gasteiger partial charge in [-0.1, -0.05) is 6.07 Å². The van der Waals surface area contributed by atoms with Crippen LogP contribution >= 0.6 is 15.9 Å². The number of ether oxygens (including phenoxy) is 1. The number of amides is 1. The smallest absolute Gasteiger partial charge is 0.259 e. The van der Waals surface area contributed by atoms with E-state index in [1.165, 1.54) is 25.3 Å². The van der Waals surface area contributed by atoms with Gasteiger partial charge in [0.05, 0.1) is 17.1 Å². The monoisotopic (exact) mass is 337 g/mol. The quantitative estimate of drug-likeness (QED) is 0.752. The van der Waals surface area contributed by atoms with Crippen LogP contribution in [0.15, 0.2) is 40.9 Å². The van der Waals surface area contributed by atoms with Crippen LogP contribution in [0, 0.1) is 0 Å².